The molecule has 1 aliphatic heterocycles. The number of hydrogen-bond donors (Lipinski definition) is 1. The van der Waals surface area contributed by atoms with Crippen LogP contribution < -0.4 is 10.2 Å². The third kappa shape index (κ3) is 1.70. The lowest BCUT2D eigenvalue weighted by molar-refractivity contribution is 0.997. The van der Waals surface area contributed by atoms with Crippen molar-refractivity contribution in [1.82, 2.24) is 5.32 Å². The van der Waals surface area contributed by atoms with Crippen molar-refractivity contribution in [2.75, 3.05) is 11.4 Å². The first-order valence-corrected chi connectivity index (χ1v) is 4.57. The summed E-state index contributed by atoms with van der Waals surface area (Å²) < 4.78 is 0. The van der Waals surface area contributed by atoms with Crippen LogP contribution in [0.25, 0.3) is 0 Å². The molecule has 0 radical (unpaired) electrons. The summed E-state index contributed by atoms with van der Waals surface area (Å²) in [7, 11) is 0. The van der Waals surface area contributed by atoms with Crippen LogP contribution in [0.2, 0.25) is 0 Å². The van der Waals surface area contributed by atoms with E-state index in [1.807, 2.05) is 47.5 Å². The molecule has 1 N–H and O–H groups in total. The standard InChI is InChI=1S/C10H10N2S/c13-10-11-7-4-8-12(10)9-5-2-1-3-6-9/h1-6,8H,7H2,(H,11,13). The molecule has 0 fully saturated rings. The fourth-order valence-electron chi connectivity index (χ4n) is 1.25. The second kappa shape index (κ2) is 3.58. The number of hydrogen-bond acceptors (Lipinski definition) is 1. The van der Waals surface area contributed by atoms with Gasteiger partial charge in [-0.1, -0.05) is 18.2 Å². The molecule has 0 atom stereocenters. The van der Waals surface area contributed by atoms with Gasteiger partial charge in [0.2, 0.25) is 0 Å². The van der Waals surface area contributed by atoms with Crippen molar-refractivity contribution in [3.05, 3.63) is 42.6 Å². The Hall–Kier alpha value is -1.35. The van der Waals surface area contributed by atoms with E-state index in [0.29, 0.717) is 0 Å². The maximum Gasteiger partial charge on any atom is 0.177 e. The van der Waals surface area contributed by atoms with E-state index in [1.54, 1.807) is 0 Å². The Bertz CT molecular complexity index is 332. The molecule has 0 spiro atoms. The van der Waals surface area contributed by atoms with Crippen LogP contribution in [0.15, 0.2) is 42.6 Å². The summed E-state index contributed by atoms with van der Waals surface area (Å²) in [5, 5.41) is 3.86. The highest BCUT2D eigenvalue weighted by atomic mass is 32.1. The summed E-state index contributed by atoms with van der Waals surface area (Å²) in [5.41, 5.74) is 1.09. The molecule has 13 heavy (non-hydrogen) atoms. The third-order valence-corrected chi connectivity index (χ3v) is 2.22. The van der Waals surface area contributed by atoms with E-state index in [-0.39, 0.29) is 0 Å². The van der Waals surface area contributed by atoms with Crippen molar-refractivity contribution in [2.24, 2.45) is 0 Å². The summed E-state index contributed by atoms with van der Waals surface area (Å²) in [4.78, 5) is 1.96. The van der Waals surface area contributed by atoms with Crippen molar-refractivity contribution in [2.45, 2.75) is 0 Å². The minimum absolute atomic E-state index is 0.758. The molecule has 1 aromatic carbocycles. The second-order valence-electron chi connectivity index (χ2n) is 2.78. The van der Waals surface area contributed by atoms with Crippen molar-refractivity contribution in [3.63, 3.8) is 0 Å². The Morgan fingerprint density at radius 1 is 1.23 bits per heavy atom. The minimum atomic E-state index is 0.758. The van der Waals surface area contributed by atoms with Crippen LogP contribution in [0.5, 0.6) is 0 Å². The van der Waals surface area contributed by atoms with Gasteiger partial charge in [0, 0.05) is 18.4 Å². The maximum atomic E-state index is 5.17. The smallest absolute Gasteiger partial charge is 0.177 e. The molecule has 1 heterocycles. The first-order valence-electron chi connectivity index (χ1n) is 4.17. The summed E-state index contributed by atoms with van der Waals surface area (Å²) in [6.45, 7) is 0.822. The molecule has 1 aliphatic rings. The van der Waals surface area contributed by atoms with Gasteiger partial charge in [0.25, 0.3) is 0 Å². The number of thiocarbonyl (C=S) groups is 1. The zero-order valence-corrected chi connectivity index (χ0v) is 7.92. The van der Waals surface area contributed by atoms with E-state index in [4.69, 9.17) is 12.2 Å². The molecule has 0 unspecified atom stereocenters. The fraction of sp³-hybridized carbons (Fsp3) is 0.100. The Kier molecular flexibility index (Phi) is 2.27. The van der Waals surface area contributed by atoms with Crippen LogP contribution in [0.1, 0.15) is 0 Å². The fourth-order valence-corrected chi connectivity index (χ4v) is 1.50. The minimum Gasteiger partial charge on any atom is -0.358 e. The molecule has 0 amide bonds. The lowest BCUT2D eigenvalue weighted by Crippen LogP contribution is -2.39. The summed E-state index contributed by atoms with van der Waals surface area (Å²) in [5.74, 6) is 0. The van der Waals surface area contributed by atoms with Gasteiger partial charge < -0.3 is 5.32 Å². The summed E-state index contributed by atoms with van der Waals surface area (Å²) in [6, 6.07) is 10.1. The second-order valence-corrected chi connectivity index (χ2v) is 3.16. The Morgan fingerprint density at radius 2 is 2.00 bits per heavy atom. The van der Waals surface area contributed by atoms with Crippen molar-refractivity contribution in [1.29, 1.82) is 0 Å². The molecule has 2 rings (SSSR count). The molecule has 0 aliphatic carbocycles. The predicted molar refractivity (Wildman–Crippen MR) is 58.7 cm³/mol. The average Bonchev–Trinajstić information content (AvgIpc) is 2.20. The normalized spacial score (nSPS) is 15.7. The highest BCUT2D eigenvalue weighted by Crippen LogP contribution is 2.14. The number of para-hydroxylation sites is 1. The number of benzene rings is 1. The van der Waals surface area contributed by atoms with E-state index < -0.39 is 0 Å². The monoisotopic (exact) mass is 190 g/mol. The number of rotatable bonds is 1. The Labute approximate surface area is 82.9 Å². The number of nitrogens with zero attached hydrogens (tertiary/aromatic N) is 1. The third-order valence-electron chi connectivity index (χ3n) is 1.88. The zero-order chi connectivity index (χ0) is 9.10. The first-order chi connectivity index (χ1) is 6.38. The van der Waals surface area contributed by atoms with Gasteiger partial charge in [0.1, 0.15) is 0 Å². The molecule has 1 aromatic rings. The predicted octanol–water partition coefficient (Wildman–Crippen LogP) is 1.89. The molecule has 2 nitrogen and oxygen atoms in total. The van der Waals surface area contributed by atoms with Gasteiger partial charge in [-0.15, -0.1) is 0 Å². The van der Waals surface area contributed by atoms with Crippen molar-refractivity contribution >= 4 is 23.0 Å². The highest BCUT2D eigenvalue weighted by Gasteiger charge is 2.10. The Balaban J connectivity index is 2.30. The van der Waals surface area contributed by atoms with Gasteiger partial charge in [-0.2, -0.15) is 0 Å². The van der Waals surface area contributed by atoms with Crippen LogP contribution in [-0.2, 0) is 0 Å². The van der Waals surface area contributed by atoms with Crippen molar-refractivity contribution in [3.8, 4) is 0 Å². The van der Waals surface area contributed by atoms with Gasteiger partial charge in [-0.05, 0) is 30.4 Å². The molecule has 0 saturated heterocycles. The van der Waals surface area contributed by atoms with Gasteiger partial charge in [-0.3, -0.25) is 4.90 Å². The molecule has 0 saturated carbocycles. The number of nitrogens with one attached hydrogen (secondary N) is 1. The van der Waals surface area contributed by atoms with Crippen molar-refractivity contribution < 1.29 is 0 Å². The molecule has 0 bridgehead atoms. The average molecular weight is 190 g/mol. The molecular weight excluding hydrogens is 180 g/mol. The van der Waals surface area contributed by atoms with Gasteiger partial charge in [0.15, 0.2) is 5.11 Å². The van der Waals surface area contributed by atoms with E-state index in [2.05, 4.69) is 5.32 Å². The van der Waals surface area contributed by atoms with E-state index >= 15 is 0 Å². The highest BCUT2D eigenvalue weighted by molar-refractivity contribution is 7.80. The lowest BCUT2D eigenvalue weighted by atomic mass is 10.3. The van der Waals surface area contributed by atoms with E-state index in [0.717, 1.165) is 17.3 Å². The molecular formula is C10H10N2S. The van der Waals surface area contributed by atoms with Crippen LogP contribution in [-0.4, -0.2) is 11.7 Å². The van der Waals surface area contributed by atoms with E-state index in [1.165, 1.54) is 0 Å². The quantitative estimate of drug-likeness (QED) is 0.681. The van der Waals surface area contributed by atoms with Crippen LogP contribution in [0.4, 0.5) is 5.69 Å². The summed E-state index contributed by atoms with van der Waals surface area (Å²) in [6.07, 6.45) is 4.04. The maximum absolute atomic E-state index is 5.17. The molecule has 0 aromatic heterocycles. The van der Waals surface area contributed by atoms with Gasteiger partial charge in [-0.25, -0.2) is 0 Å². The number of anilines is 1. The largest absolute Gasteiger partial charge is 0.358 e. The van der Waals surface area contributed by atoms with Crippen LogP contribution in [0, 0.1) is 0 Å². The molecule has 3 heteroatoms. The first kappa shape index (κ1) is 8.26. The van der Waals surface area contributed by atoms with Crippen LogP contribution >= 0.6 is 12.2 Å². The SMILES string of the molecule is S=C1NCC=CN1c1ccccc1. The van der Waals surface area contributed by atoms with E-state index in [9.17, 15) is 0 Å². The lowest BCUT2D eigenvalue weighted by Gasteiger charge is -2.24. The zero-order valence-electron chi connectivity index (χ0n) is 7.10. The molecule has 66 valence electrons. The topological polar surface area (TPSA) is 15.3 Å². The van der Waals surface area contributed by atoms with Gasteiger partial charge >= 0.3 is 0 Å². The van der Waals surface area contributed by atoms with Crippen LogP contribution in [0.3, 0.4) is 0 Å². The Morgan fingerprint density at radius 3 is 2.69 bits per heavy atom. The van der Waals surface area contributed by atoms with Gasteiger partial charge in [0.05, 0.1) is 0 Å². The summed E-state index contributed by atoms with van der Waals surface area (Å²) >= 11 is 5.17.